The number of hydrogen-bond donors (Lipinski definition) is 2. The lowest BCUT2D eigenvalue weighted by atomic mass is 10.1. The lowest BCUT2D eigenvalue weighted by Gasteiger charge is -2.36. The largest absolute Gasteiger partial charge is 0.496 e. The Hall–Kier alpha value is -3.04. The number of nitrogens with zero attached hydrogens (tertiary/aromatic N) is 2. The van der Waals surface area contributed by atoms with Gasteiger partial charge >= 0.3 is 0 Å². The van der Waals surface area contributed by atoms with Gasteiger partial charge < -0.3 is 19.9 Å². The quantitative estimate of drug-likeness (QED) is 0.377. The van der Waals surface area contributed by atoms with Crippen molar-refractivity contribution in [3.8, 4) is 5.75 Å². The van der Waals surface area contributed by atoms with Crippen molar-refractivity contribution in [1.29, 1.82) is 0 Å². The second-order valence-electron chi connectivity index (χ2n) is 8.18. The predicted octanol–water partition coefficient (Wildman–Crippen LogP) is 5.74. The molecule has 4 rings (SSSR count). The Balaban J connectivity index is 1.31. The van der Waals surface area contributed by atoms with Gasteiger partial charge in [-0.15, -0.1) is 0 Å². The maximum Gasteiger partial charge on any atom is 0.258 e. The highest BCUT2D eigenvalue weighted by Crippen LogP contribution is 2.27. The first-order chi connectivity index (χ1) is 17.8. The van der Waals surface area contributed by atoms with E-state index in [9.17, 15) is 9.59 Å². The smallest absolute Gasteiger partial charge is 0.258 e. The number of piperazine rings is 1. The van der Waals surface area contributed by atoms with Crippen molar-refractivity contribution in [3.63, 3.8) is 0 Å². The second kappa shape index (κ2) is 12.0. The standard InChI is InChI=1S/C26H23Cl3N4O3S/c1-36-22-10-5-16(27)15-20(22)25(35)33-13-11-32(12-14-33)18-8-6-17(7-9-18)30-26(37)31-24(34)19-3-2-4-21(28)23(19)29/h2-10,15H,11-14H2,1H3,(H2,30,31,34,37). The molecule has 37 heavy (non-hydrogen) atoms. The van der Waals surface area contributed by atoms with E-state index >= 15 is 0 Å². The molecule has 1 heterocycles. The Bertz CT molecular complexity index is 1330. The van der Waals surface area contributed by atoms with Gasteiger partial charge in [-0.2, -0.15) is 0 Å². The molecule has 7 nitrogen and oxygen atoms in total. The van der Waals surface area contributed by atoms with Crippen molar-refractivity contribution >= 4 is 75.3 Å². The summed E-state index contributed by atoms with van der Waals surface area (Å²) < 4.78 is 5.33. The Labute approximate surface area is 235 Å². The molecule has 192 valence electrons. The lowest BCUT2D eigenvalue weighted by Crippen LogP contribution is -2.48. The van der Waals surface area contributed by atoms with Crippen LogP contribution in [0.25, 0.3) is 0 Å². The fraction of sp³-hybridized carbons (Fsp3) is 0.192. The zero-order chi connectivity index (χ0) is 26.5. The molecule has 1 aliphatic heterocycles. The second-order valence-corrected chi connectivity index (χ2v) is 9.81. The molecule has 1 aliphatic rings. The molecule has 0 aromatic heterocycles. The number of ether oxygens (including phenoxy) is 1. The first-order valence-corrected chi connectivity index (χ1v) is 12.8. The molecule has 0 unspecified atom stereocenters. The Morgan fingerprint density at radius 2 is 1.62 bits per heavy atom. The predicted molar refractivity (Wildman–Crippen MR) is 153 cm³/mol. The Morgan fingerprint density at radius 3 is 2.30 bits per heavy atom. The number of carbonyl (C=O) groups is 2. The molecular formula is C26H23Cl3N4O3S. The minimum absolute atomic E-state index is 0.104. The van der Waals surface area contributed by atoms with Gasteiger partial charge in [0.15, 0.2) is 5.11 Å². The zero-order valence-electron chi connectivity index (χ0n) is 19.8. The molecule has 11 heteroatoms. The molecule has 0 atom stereocenters. The summed E-state index contributed by atoms with van der Waals surface area (Å²) in [5.74, 6) is -0.0534. The van der Waals surface area contributed by atoms with Crippen LogP contribution in [0.15, 0.2) is 60.7 Å². The third kappa shape index (κ3) is 6.45. The van der Waals surface area contributed by atoms with Crippen LogP contribution in [-0.2, 0) is 0 Å². The van der Waals surface area contributed by atoms with Gasteiger partial charge in [0, 0.05) is 42.6 Å². The van der Waals surface area contributed by atoms with Crippen LogP contribution in [0.4, 0.5) is 11.4 Å². The molecule has 1 fully saturated rings. The third-order valence-electron chi connectivity index (χ3n) is 5.87. The highest BCUT2D eigenvalue weighted by molar-refractivity contribution is 7.80. The summed E-state index contributed by atoms with van der Waals surface area (Å²) in [5.41, 5.74) is 2.42. The van der Waals surface area contributed by atoms with Gasteiger partial charge in [-0.1, -0.05) is 40.9 Å². The van der Waals surface area contributed by atoms with Gasteiger partial charge in [-0.3, -0.25) is 14.9 Å². The van der Waals surface area contributed by atoms with Gasteiger partial charge in [0.25, 0.3) is 11.8 Å². The van der Waals surface area contributed by atoms with Crippen LogP contribution in [-0.4, -0.2) is 55.1 Å². The number of benzene rings is 3. The lowest BCUT2D eigenvalue weighted by molar-refractivity contribution is 0.0743. The number of halogens is 3. The van der Waals surface area contributed by atoms with Crippen LogP contribution in [0, 0.1) is 0 Å². The summed E-state index contributed by atoms with van der Waals surface area (Å²) in [5, 5.41) is 6.68. The summed E-state index contributed by atoms with van der Waals surface area (Å²) >= 11 is 23.4. The maximum absolute atomic E-state index is 13.0. The van der Waals surface area contributed by atoms with Gasteiger partial charge in [0.1, 0.15) is 5.75 Å². The normalized spacial score (nSPS) is 13.2. The molecule has 0 spiro atoms. The average Bonchev–Trinajstić information content (AvgIpc) is 2.90. The van der Waals surface area contributed by atoms with E-state index in [-0.39, 0.29) is 26.6 Å². The van der Waals surface area contributed by atoms with Crippen molar-refractivity contribution in [1.82, 2.24) is 10.2 Å². The number of carbonyl (C=O) groups excluding carboxylic acids is 2. The molecule has 2 N–H and O–H groups in total. The van der Waals surface area contributed by atoms with Crippen LogP contribution in [0.3, 0.4) is 0 Å². The number of nitrogens with one attached hydrogen (secondary N) is 2. The highest BCUT2D eigenvalue weighted by Gasteiger charge is 2.25. The molecule has 0 bridgehead atoms. The Morgan fingerprint density at radius 1 is 0.919 bits per heavy atom. The molecule has 3 aromatic rings. The highest BCUT2D eigenvalue weighted by atomic mass is 35.5. The van der Waals surface area contributed by atoms with Crippen LogP contribution in [0.2, 0.25) is 15.1 Å². The summed E-state index contributed by atoms with van der Waals surface area (Å²) in [6, 6.07) is 17.5. The third-order valence-corrected chi connectivity index (χ3v) is 7.13. The minimum Gasteiger partial charge on any atom is -0.496 e. The monoisotopic (exact) mass is 576 g/mol. The molecule has 0 saturated carbocycles. The zero-order valence-corrected chi connectivity index (χ0v) is 22.8. The molecule has 3 aromatic carbocycles. The fourth-order valence-corrected chi connectivity index (χ4v) is 4.72. The van der Waals surface area contributed by atoms with Crippen molar-refractivity contribution in [2.75, 3.05) is 43.5 Å². The van der Waals surface area contributed by atoms with Crippen LogP contribution in [0.1, 0.15) is 20.7 Å². The molecule has 1 saturated heterocycles. The van der Waals surface area contributed by atoms with E-state index in [1.54, 1.807) is 41.3 Å². The van der Waals surface area contributed by atoms with Crippen molar-refractivity contribution in [2.24, 2.45) is 0 Å². The molecule has 0 radical (unpaired) electrons. The first-order valence-electron chi connectivity index (χ1n) is 11.3. The first kappa shape index (κ1) is 27.0. The van der Waals surface area contributed by atoms with Crippen molar-refractivity contribution in [3.05, 3.63) is 86.9 Å². The summed E-state index contributed by atoms with van der Waals surface area (Å²) in [4.78, 5) is 29.5. The molecular weight excluding hydrogens is 555 g/mol. The summed E-state index contributed by atoms with van der Waals surface area (Å²) in [6.07, 6.45) is 0. The van der Waals surface area contributed by atoms with Gasteiger partial charge in [0.2, 0.25) is 0 Å². The summed E-state index contributed by atoms with van der Waals surface area (Å²) in [6.45, 7) is 2.49. The van der Waals surface area contributed by atoms with E-state index in [1.807, 2.05) is 24.3 Å². The van der Waals surface area contributed by atoms with E-state index in [4.69, 9.17) is 51.8 Å². The number of methoxy groups -OCH3 is 1. The fourth-order valence-electron chi connectivity index (χ4n) is 3.95. The molecule has 0 aliphatic carbocycles. The number of thiocarbonyl (C=S) groups is 1. The maximum atomic E-state index is 13.0. The number of amides is 2. The number of anilines is 2. The SMILES string of the molecule is COc1ccc(Cl)cc1C(=O)N1CCN(c2ccc(NC(=S)NC(=O)c3cccc(Cl)c3Cl)cc2)CC1. The van der Waals surface area contributed by atoms with E-state index < -0.39 is 5.91 Å². The van der Waals surface area contributed by atoms with E-state index in [0.717, 1.165) is 5.69 Å². The average molecular weight is 578 g/mol. The van der Waals surface area contributed by atoms with Crippen LogP contribution >= 0.6 is 47.0 Å². The molecule has 2 amide bonds. The minimum atomic E-state index is -0.454. The van der Waals surface area contributed by atoms with Crippen LogP contribution < -0.4 is 20.3 Å². The Kier molecular flexibility index (Phi) is 8.76. The van der Waals surface area contributed by atoms with Crippen LogP contribution in [0.5, 0.6) is 5.75 Å². The number of rotatable bonds is 5. The van der Waals surface area contributed by atoms with Crippen molar-refractivity contribution < 1.29 is 14.3 Å². The van der Waals surface area contributed by atoms with Gasteiger partial charge in [-0.25, -0.2) is 0 Å². The topological polar surface area (TPSA) is 73.9 Å². The van der Waals surface area contributed by atoms with E-state index in [1.165, 1.54) is 7.11 Å². The van der Waals surface area contributed by atoms with Gasteiger partial charge in [0.05, 0.1) is 28.3 Å². The van der Waals surface area contributed by atoms with Crippen molar-refractivity contribution in [2.45, 2.75) is 0 Å². The number of hydrogen-bond acceptors (Lipinski definition) is 5. The summed E-state index contributed by atoms with van der Waals surface area (Å²) in [7, 11) is 1.53. The van der Waals surface area contributed by atoms with E-state index in [2.05, 4.69) is 15.5 Å². The van der Waals surface area contributed by atoms with E-state index in [0.29, 0.717) is 48.2 Å². The van der Waals surface area contributed by atoms with Gasteiger partial charge in [-0.05, 0) is 66.8 Å².